The molecule has 5 N–H and O–H groups in total. The van der Waals surface area contributed by atoms with Crippen molar-refractivity contribution >= 4 is 17.9 Å². The molecular formula is C31H64O8. The maximum absolute atomic E-state index is 10.1. The summed E-state index contributed by atoms with van der Waals surface area (Å²) in [4.78, 5) is 30.3. The zero-order valence-corrected chi connectivity index (χ0v) is 25.8. The van der Waals surface area contributed by atoms with Gasteiger partial charge in [0.25, 0.3) is 0 Å². The Morgan fingerprint density at radius 1 is 0.462 bits per heavy atom. The number of aliphatic hydroxyl groups is 2. The van der Waals surface area contributed by atoms with Gasteiger partial charge in [-0.2, -0.15) is 0 Å². The molecular weight excluding hydrogens is 500 g/mol. The van der Waals surface area contributed by atoms with Gasteiger partial charge in [-0.3, -0.25) is 14.4 Å². The second kappa shape index (κ2) is 40.8. The fraction of sp³-hybridized carbons (Fsp3) is 0.903. The number of carbonyl (C=O) groups is 3. The van der Waals surface area contributed by atoms with E-state index in [-0.39, 0.29) is 6.61 Å². The molecule has 0 spiro atoms. The second-order valence-electron chi connectivity index (χ2n) is 10.1. The number of hydrogen-bond acceptors (Lipinski definition) is 5. The van der Waals surface area contributed by atoms with E-state index in [1.54, 1.807) is 0 Å². The highest BCUT2D eigenvalue weighted by Crippen LogP contribution is 2.09. The maximum Gasteiger partial charge on any atom is 0.303 e. The third kappa shape index (κ3) is 66.7. The van der Waals surface area contributed by atoms with E-state index in [9.17, 15) is 14.4 Å². The Morgan fingerprint density at radius 3 is 0.795 bits per heavy atom. The van der Waals surface area contributed by atoms with Gasteiger partial charge in [0.15, 0.2) is 0 Å². The molecule has 0 aliphatic heterocycles. The highest BCUT2D eigenvalue weighted by Gasteiger charge is 1.97. The van der Waals surface area contributed by atoms with Gasteiger partial charge in [0.1, 0.15) is 0 Å². The SMILES string of the molecule is CC(O)CO.CCCCCCCC(=O)O.CCCCCCCCCC(=O)O.CCCCCCCCCC(=O)O. The molecule has 0 rings (SSSR count). The molecule has 0 radical (unpaired) electrons. The highest BCUT2D eigenvalue weighted by molar-refractivity contribution is 5.67. The van der Waals surface area contributed by atoms with E-state index >= 15 is 0 Å². The zero-order valence-electron chi connectivity index (χ0n) is 25.8. The molecule has 0 fully saturated rings. The number of aliphatic carboxylic acids is 3. The van der Waals surface area contributed by atoms with E-state index in [4.69, 9.17) is 25.5 Å². The van der Waals surface area contributed by atoms with Crippen LogP contribution in [0, 0.1) is 0 Å². The third-order valence-corrected chi connectivity index (χ3v) is 5.75. The quantitative estimate of drug-likeness (QED) is 0.0778. The molecule has 236 valence electrons. The van der Waals surface area contributed by atoms with Crippen molar-refractivity contribution in [3.8, 4) is 0 Å². The average molecular weight is 565 g/mol. The van der Waals surface area contributed by atoms with Crippen LogP contribution in [-0.4, -0.2) is 56.2 Å². The van der Waals surface area contributed by atoms with Crippen LogP contribution in [0.2, 0.25) is 0 Å². The molecule has 8 heteroatoms. The van der Waals surface area contributed by atoms with E-state index < -0.39 is 24.0 Å². The first-order chi connectivity index (χ1) is 18.6. The van der Waals surface area contributed by atoms with E-state index in [1.165, 1.54) is 90.4 Å². The molecule has 0 aromatic heterocycles. The summed E-state index contributed by atoms with van der Waals surface area (Å²) < 4.78 is 0. The molecule has 1 unspecified atom stereocenters. The Bertz CT molecular complexity index is 467. The summed E-state index contributed by atoms with van der Waals surface area (Å²) >= 11 is 0. The number of aliphatic hydroxyl groups excluding tert-OH is 2. The summed E-state index contributed by atoms with van der Waals surface area (Å²) in [5.41, 5.74) is 0. The minimum Gasteiger partial charge on any atom is -0.481 e. The molecule has 0 amide bonds. The predicted molar refractivity (Wildman–Crippen MR) is 160 cm³/mol. The molecule has 0 aliphatic carbocycles. The van der Waals surface area contributed by atoms with Crippen molar-refractivity contribution in [2.24, 2.45) is 0 Å². The minimum absolute atomic E-state index is 0.139. The molecule has 39 heavy (non-hydrogen) atoms. The lowest BCUT2D eigenvalue weighted by atomic mass is 10.1. The molecule has 0 saturated heterocycles. The summed E-state index contributed by atoms with van der Waals surface area (Å²) in [6, 6.07) is 0. The van der Waals surface area contributed by atoms with Gasteiger partial charge < -0.3 is 25.5 Å². The van der Waals surface area contributed by atoms with Crippen LogP contribution in [0.4, 0.5) is 0 Å². The van der Waals surface area contributed by atoms with Crippen LogP contribution in [0.15, 0.2) is 0 Å². The molecule has 0 aliphatic rings. The lowest BCUT2D eigenvalue weighted by Crippen LogP contribution is -2.03. The second-order valence-corrected chi connectivity index (χ2v) is 10.1. The van der Waals surface area contributed by atoms with Crippen LogP contribution in [0.5, 0.6) is 0 Å². The summed E-state index contributed by atoms with van der Waals surface area (Å²) in [7, 11) is 0. The number of rotatable bonds is 23. The lowest BCUT2D eigenvalue weighted by molar-refractivity contribution is -0.138. The Balaban J connectivity index is -0.000000217. The number of hydrogen-bond donors (Lipinski definition) is 5. The Labute approximate surface area is 239 Å². The van der Waals surface area contributed by atoms with Gasteiger partial charge in [0.2, 0.25) is 0 Å². The molecule has 0 bridgehead atoms. The normalized spacial score (nSPS) is 10.6. The third-order valence-electron chi connectivity index (χ3n) is 5.75. The highest BCUT2D eigenvalue weighted by atomic mass is 16.4. The average Bonchev–Trinajstić information content (AvgIpc) is 2.88. The molecule has 0 aromatic carbocycles. The summed E-state index contributed by atoms with van der Waals surface area (Å²) in [6.07, 6.45) is 22.6. The predicted octanol–water partition coefficient (Wildman–Crippen LogP) is 8.21. The summed E-state index contributed by atoms with van der Waals surface area (Å²) in [6.45, 7) is 7.94. The monoisotopic (exact) mass is 564 g/mol. The fourth-order valence-electron chi connectivity index (χ4n) is 3.35. The number of carboxylic acids is 3. The molecule has 0 heterocycles. The minimum atomic E-state index is -0.670. The van der Waals surface area contributed by atoms with Crippen LogP contribution in [-0.2, 0) is 14.4 Å². The summed E-state index contributed by atoms with van der Waals surface area (Å²) in [5.74, 6) is -2.00. The topological polar surface area (TPSA) is 152 Å². The van der Waals surface area contributed by atoms with Crippen LogP contribution >= 0.6 is 0 Å². The first-order valence-corrected chi connectivity index (χ1v) is 15.5. The number of unbranched alkanes of at least 4 members (excludes halogenated alkanes) is 16. The largest absolute Gasteiger partial charge is 0.481 e. The van der Waals surface area contributed by atoms with E-state index in [0.717, 1.165) is 38.5 Å². The van der Waals surface area contributed by atoms with Crippen LogP contribution in [0.25, 0.3) is 0 Å². The first-order valence-electron chi connectivity index (χ1n) is 15.5. The van der Waals surface area contributed by atoms with Gasteiger partial charge in [-0.1, -0.05) is 124 Å². The standard InChI is InChI=1S/2C10H20O2.C8H16O2.C3H8O2/c2*1-2-3-4-5-6-7-8-9-10(11)12;1-2-3-4-5-6-7-8(9)10;1-3(5)2-4/h2*2-9H2,1H3,(H,11,12);2-7H2,1H3,(H,9,10);3-5H,2H2,1H3. The van der Waals surface area contributed by atoms with Crippen molar-refractivity contribution in [2.75, 3.05) is 6.61 Å². The van der Waals surface area contributed by atoms with Gasteiger partial charge in [0, 0.05) is 19.3 Å². The first kappa shape index (κ1) is 44.4. The van der Waals surface area contributed by atoms with Crippen LogP contribution in [0.3, 0.4) is 0 Å². The van der Waals surface area contributed by atoms with Crippen molar-refractivity contribution in [1.29, 1.82) is 0 Å². The molecule has 0 saturated carbocycles. The van der Waals surface area contributed by atoms with Crippen molar-refractivity contribution < 1.29 is 39.9 Å². The van der Waals surface area contributed by atoms with Gasteiger partial charge in [-0.25, -0.2) is 0 Å². The van der Waals surface area contributed by atoms with Crippen molar-refractivity contribution in [3.63, 3.8) is 0 Å². The Kier molecular flexibility index (Phi) is 46.4. The van der Waals surface area contributed by atoms with Gasteiger partial charge >= 0.3 is 17.9 Å². The Morgan fingerprint density at radius 2 is 0.641 bits per heavy atom. The molecule has 1 atom stereocenters. The van der Waals surface area contributed by atoms with Gasteiger partial charge in [-0.15, -0.1) is 0 Å². The summed E-state index contributed by atoms with van der Waals surface area (Å²) in [5, 5.41) is 41.0. The molecule has 0 aromatic rings. The maximum atomic E-state index is 10.1. The van der Waals surface area contributed by atoms with Crippen LogP contribution < -0.4 is 0 Å². The number of carboxylic acid groups (broad SMARTS) is 3. The Hall–Kier alpha value is -1.67. The molecule has 8 nitrogen and oxygen atoms in total. The van der Waals surface area contributed by atoms with E-state index in [2.05, 4.69) is 20.8 Å². The lowest BCUT2D eigenvalue weighted by Gasteiger charge is -1.98. The van der Waals surface area contributed by atoms with Crippen molar-refractivity contribution in [3.05, 3.63) is 0 Å². The van der Waals surface area contributed by atoms with Crippen LogP contribution in [0.1, 0.15) is 169 Å². The fourth-order valence-corrected chi connectivity index (χ4v) is 3.35. The van der Waals surface area contributed by atoms with Crippen molar-refractivity contribution in [2.45, 2.75) is 175 Å². The van der Waals surface area contributed by atoms with Gasteiger partial charge in [0.05, 0.1) is 12.7 Å². The zero-order chi connectivity index (χ0) is 30.6. The smallest absolute Gasteiger partial charge is 0.303 e. The van der Waals surface area contributed by atoms with E-state index in [1.807, 2.05) is 0 Å². The van der Waals surface area contributed by atoms with Crippen molar-refractivity contribution in [1.82, 2.24) is 0 Å². The van der Waals surface area contributed by atoms with Gasteiger partial charge in [-0.05, 0) is 26.2 Å². The van der Waals surface area contributed by atoms with E-state index in [0.29, 0.717) is 19.3 Å².